The molecule has 9 heteroatoms. The van der Waals surface area contributed by atoms with E-state index in [1.165, 1.54) is 30.5 Å². The summed E-state index contributed by atoms with van der Waals surface area (Å²) in [7, 11) is 0. The third-order valence-corrected chi connectivity index (χ3v) is 6.28. The first-order valence-corrected chi connectivity index (χ1v) is 12.1. The number of benzene rings is 2. The van der Waals surface area contributed by atoms with Crippen molar-refractivity contribution in [3.05, 3.63) is 102 Å². The number of carbonyl (C=O) groups excluding carboxylic acids is 2. The molecule has 4 aromatic rings. The second kappa shape index (κ2) is 9.85. The molecule has 0 atom stereocenters. The number of nitrogens with zero attached hydrogens (tertiary/aromatic N) is 1. The van der Waals surface area contributed by atoms with Crippen molar-refractivity contribution in [1.82, 2.24) is 15.3 Å². The van der Waals surface area contributed by atoms with Gasteiger partial charge in [-0.25, -0.2) is 9.37 Å². The minimum absolute atomic E-state index is 0.170. The maximum atomic E-state index is 13.3. The third kappa shape index (κ3) is 4.99. The SMILES string of the molecule is CC1(C)Cc2[nH]c(-c3ccnc(NC(=O)/C(=C/N)c4ccc(F)cc4)c3)c(Nc3ccccc3)c2C(=O)N1. The number of hydrogen-bond donors (Lipinski definition) is 5. The van der Waals surface area contributed by atoms with Gasteiger partial charge >= 0.3 is 0 Å². The van der Waals surface area contributed by atoms with Gasteiger partial charge in [-0.1, -0.05) is 30.3 Å². The molecule has 192 valence electrons. The lowest BCUT2D eigenvalue weighted by Crippen LogP contribution is -2.49. The van der Waals surface area contributed by atoms with Crippen LogP contribution in [-0.2, 0) is 11.2 Å². The fourth-order valence-electron chi connectivity index (χ4n) is 4.57. The average Bonchev–Trinajstić information content (AvgIpc) is 3.23. The Balaban J connectivity index is 1.51. The molecule has 0 radical (unpaired) electrons. The first kappa shape index (κ1) is 24.8. The number of carbonyl (C=O) groups is 2. The molecule has 0 fully saturated rings. The zero-order valence-electron chi connectivity index (χ0n) is 20.9. The van der Waals surface area contributed by atoms with E-state index in [0.29, 0.717) is 34.5 Å². The fourth-order valence-corrected chi connectivity index (χ4v) is 4.57. The van der Waals surface area contributed by atoms with Crippen molar-refractivity contribution in [3.8, 4) is 11.3 Å². The van der Waals surface area contributed by atoms with E-state index in [0.717, 1.165) is 11.4 Å². The Morgan fingerprint density at radius 1 is 1.11 bits per heavy atom. The summed E-state index contributed by atoms with van der Waals surface area (Å²) in [4.78, 5) is 33.9. The summed E-state index contributed by atoms with van der Waals surface area (Å²) in [6, 6.07) is 18.6. The number of nitrogens with one attached hydrogen (secondary N) is 4. The Labute approximate surface area is 219 Å². The molecule has 0 bridgehead atoms. The van der Waals surface area contributed by atoms with Gasteiger partial charge in [0.05, 0.1) is 22.5 Å². The summed E-state index contributed by atoms with van der Waals surface area (Å²) in [5.41, 5.74) is 10.2. The molecule has 0 saturated heterocycles. The van der Waals surface area contributed by atoms with Crippen LogP contribution in [0, 0.1) is 5.82 Å². The topological polar surface area (TPSA) is 125 Å². The number of hydrogen-bond acceptors (Lipinski definition) is 5. The van der Waals surface area contributed by atoms with E-state index in [9.17, 15) is 14.0 Å². The quantitative estimate of drug-likeness (QED) is 0.235. The molecule has 1 aliphatic heterocycles. The first-order chi connectivity index (χ1) is 18.2. The van der Waals surface area contributed by atoms with Gasteiger partial charge in [0.25, 0.3) is 11.8 Å². The lowest BCUT2D eigenvalue weighted by atomic mass is 9.91. The highest BCUT2D eigenvalue weighted by Gasteiger charge is 2.35. The van der Waals surface area contributed by atoms with Crippen LogP contribution in [-0.4, -0.2) is 27.3 Å². The molecular formula is C29H27FN6O2. The number of H-pyrrole nitrogens is 1. The number of anilines is 3. The van der Waals surface area contributed by atoms with Gasteiger partial charge in [-0.15, -0.1) is 0 Å². The number of halogens is 1. The number of aromatic amines is 1. The molecule has 8 nitrogen and oxygen atoms in total. The molecule has 2 aromatic carbocycles. The highest BCUT2D eigenvalue weighted by molar-refractivity contribution is 6.25. The van der Waals surface area contributed by atoms with Gasteiger partial charge in [-0.2, -0.15) is 0 Å². The molecule has 0 saturated carbocycles. The summed E-state index contributed by atoms with van der Waals surface area (Å²) < 4.78 is 13.3. The molecule has 6 N–H and O–H groups in total. The van der Waals surface area contributed by atoms with Gasteiger partial charge in [0.15, 0.2) is 0 Å². The van der Waals surface area contributed by atoms with E-state index in [1.54, 1.807) is 18.3 Å². The summed E-state index contributed by atoms with van der Waals surface area (Å²) in [5.74, 6) is -0.780. The highest BCUT2D eigenvalue weighted by atomic mass is 19.1. The molecule has 0 spiro atoms. The summed E-state index contributed by atoms with van der Waals surface area (Å²) in [5, 5.41) is 9.23. The Bertz CT molecular complexity index is 1540. The largest absolute Gasteiger partial charge is 0.404 e. The van der Waals surface area contributed by atoms with Gasteiger partial charge in [-0.05, 0) is 55.8 Å². The first-order valence-electron chi connectivity index (χ1n) is 12.1. The van der Waals surface area contributed by atoms with Crippen LogP contribution in [0.1, 0.15) is 35.5 Å². The lowest BCUT2D eigenvalue weighted by molar-refractivity contribution is -0.111. The smallest absolute Gasteiger partial charge is 0.258 e. The van der Waals surface area contributed by atoms with E-state index in [4.69, 9.17) is 5.73 Å². The Morgan fingerprint density at radius 3 is 2.55 bits per heavy atom. The van der Waals surface area contributed by atoms with Crippen LogP contribution in [0.15, 0.2) is 79.1 Å². The summed E-state index contributed by atoms with van der Waals surface area (Å²) >= 11 is 0. The normalized spacial score (nSPS) is 14.4. The fraction of sp³-hybridized carbons (Fsp3) is 0.138. The Hall–Kier alpha value is -4.92. The van der Waals surface area contributed by atoms with E-state index >= 15 is 0 Å². The number of pyridine rings is 1. The maximum Gasteiger partial charge on any atom is 0.258 e. The second-order valence-electron chi connectivity index (χ2n) is 9.71. The van der Waals surface area contributed by atoms with Gasteiger partial charge < -0.3 is 26.7 Å². The Morgan fingerprint density at radius 2 is 1.84 bits per heavy atom. The van der Waals surface area contributed by atoms with Crippen molar-refractivity contribution in [2.45, 2.75) is 25.8 Å². The van der Waals surface area contributed by atoms with Crippen molar-refractivity contribution >= 4 is 34.6 Å². The van der Waals surface area contributed by atoms with Gasteiger partial charge in [0, 0.05) is 41.3 Å². The molecular weight excluding hydrogens is 483 g/mol. The number of para-hydroxylation sites is 1. The van der Waals surface area contributed by atoms with Crippen LogP contribution in [0.2, 0.25) is 0 Å². The molecule has 5 rings (SSSR count). The van der Waals surface area contributed by atoms with E-state index < -0.39 is 17.3 Å². The zero-order valence-corrected chi connectivity index (χ0v) is 20.9. The van der Waals surface area contributed by atoms with Crippen LogP contribution < -0.4 is 21.7 Å². The number of amides is 2. The zero-order chi connectivity index (χ0) is 26.9. The standard InChI is InChI=1S/C29H27FN6O2/c1-29(2)15-22-24(28(38)36-29)26(33-20-6-4-3-5-7-20)25(34-22)18-12-13-32-23(14-18)35-27(37)21(16-31)17-8-10-19(30)11-9-17/h3-14,16,33-34H,15,31H2,1-2H3,(H,36,38)(H,32,35,37)/b21-16+. The third-order valence-electron chi connectivity index (χ3n) is 6.28. The van der Waals surface area contributed by atoms with Crippen molar-refractivity contribution in [2.24, 2.45) is 5.73 Å². The van der Waals surface area contributed by atoms with Crippen LogP contribution in [0.3, 0.4) is 0 Å². The molecule has 0 aliphatic carbocycles. The maximum absolute atomic E-state index is 13.3. The van der Waals surface area contributed by atoms with Crippen LogP contribution >= 0.6 is 0 Å². The van der Waals surface area contributed by atoms with E-state index in [-0.39, 0.29) is 17.3 Å². The summed E-state index contributed by atoms with van der Waals surface area (Å²) in [6.45, 7) is 3.95. The predicted molar refractivity (Wildman–Crippen MR) is 146 cm³/mol. The molecule has 1 aliphatic rings. The van der Waals surface area contributed by atoms with Crippen LogP contribution in [0.5, 0.6) is 0 Å². The highest BCUT2D eigenvalue weighted by Crippen LogP contribution is 2.39. The van der Waals surface area contributed by atoms with Crippen LogP contribution in [0.4, 0.5) is 21.6 Å². The van der Waals surface area contributed by atoms with Crippen molar-refractivity contribution in [2.75, 3.05) is 10.6 Å². The lowest BCUT2D eigenvalue weighted by Gasteiger charge is -2.30. The minimum Gasteiger partial charge on any atom is -0.404 e. The van der Waals surface area contributed by atoms with Crippen molar-refractivity contribution in [1.29, 1.82) is 0 Å². The van der Waals surface area contributed by atoms with Gasteiger partial charge in [0.2, 0.25) is 0 Å². The monoisotopic (exact) mass is 510 g/mol. The molecule has 0 unspecified atom stereocenters. The number of nitrogens with two attached hydrogens (primary N) is 1. The molecule has 2 aromatic heterocycles. The second-order valence-corrected chi connectivity index (χ2v) is 9.71. The van der Waals surface area contributed by atoms with Gasteiger partial charge in [-0.3, -0.25) is 9.59 Å². The predicted octanol–water partition coefficient (Wildman–Crippen LogP) is 4.96. The number of fused-ring (bicyclic) bond motifs is 1. The molecule has 3 heterocycles. The minimum atomic E-state index is -0.488. The molecule has 2 amide bonds. The van der Waals surface area contributed by atoms with E-state index in [1.807, 2.05) is 44.2 Å². The Kier molecular flexibility index (Phi) is 6.42. The molecule has 38 heavy (non-hydrogen) atoms. The van der Waals surface area contributed by atoms with Gasteiger partial charge in [0.1, 0.15) is 11.6 Å². The average molecular weight is 511 g/mol. The summed E-state index contributed by atoms with van der Waals surface area (Å²) in [6.07, 6.45) is 3.37. The number of rotatable bonds is 6. The number of aromatic nitrogens is 2. The van der Waals surface area contributed by atoms with E-state index in [2.05, 4.69) is 25.9 Å². The van der Waals surface area contributed by atoms with Crippen LogP contribution in [0.25, 0.3) is 16.8 Å². The van der Waals surface area contributed by atoms with Crippen molar-refractivity contribution < 1.29 is 14.0 Å². The van der Waals surface area contributed by atoms with Crippen molar-refractivity contribution in [3.63, 3.8) is 0 Å².